The summed E-state index contributed by atoms with van der Waals surface area (Å²) in [5.74, 6) is -1.03. The zero-order valence-corrected chi connectivity index (χ0v) is 12.1. The molecule has 0 aliphatic heterocycles. The van der Waals surface area contributed by atoms with Crippen molar-refractivity contribution in [1.82, 2.24) is 4.98 Å². The second-order valence-corrected chi connectivity index (χ2v) is 4.88. The minimum atomic E-state index is -0.773. The Morgan fingerprint density at radius 3 is 2.82 bits per heavy atom. The highest BCUT2D eigenvalue weighted by Gasteiger charge is 2.20. The number of carbonyl (C=O) groups excluding carboxylic acids is 1. The predicted molar refractivity (Wildman–Crippen MR) is 81.0 cm³/mol. The number of aromatic hydroxyl groups is 1. The lowest BCUT2D eigenvalue weighted by atomic mass is 10.2. The molecule has 22 heavy (non-hydrogen) atoms. The summed E-state index contributed by atoms with van der Waals surface area (Å²) in [6.45, 7) is 0. The van der Waals surface area contributed by atoms with Crippen LogP contribution in [0.15, 0.2) is 36.5 Å². The summed E-state index contributed by atoms with van der Waals surface area (Å²) in [5.41, 5.74) is 0.0942. The average molecular weight is 322 g/mol. The Hall–Kier alpha value is -2.67. The number of pyridine rings is 1. The number of hydrogen-bond acceptors (Lipinski definition) is 5. The Labute approximate surface area is 130 Å². The number of halogens is 1. The molecule has 2 aromatic rings. The lowest BCUT2D eigenvalue weighted by Gasteiger charge is -2.08. The molecule has 2 rings (SSSR count). The van der Waals surface area contributed by atoms with E-state index in [1.165, 1.54) is 6.07 Å². The van der Waals surface area contributed by atoms with Crippen LogP contribution in [0.1, 0.15) is 12.1 Å². The number of phenols is 1. The normalized spacial score (nSPS) is 10.2. The van der Waals surface area contributed by atoms with Crippen molar-refractivity contribution >= 4 is 28.9 Å². The van der Waals surface area contributed by atoms with Crippen molar-refractivity contribution in [3.8, 4) is 5.75 Å². The summed E-state index contributed by atoms with van der Waals surface area (Å²) < 4.78 is 0. The van der Waals surface area contributed by atoms with E-state index in [2.05, 4.69) is 10.3 Å². The number of aromatic nitrogens is 1. The van der Waals surface area contributed by atoms with E-state index >= 15 is 0 Å². The van der Waals surface area contributed by atoms with Gasteiger partial charge in [0.05, 0.1) is 10.6 Å². The number of anilines is 1. The molecule has 0 spiro atoms. The molecule has 0 atom stereocenters. The molecule has 0 aliphatic carbocycles. The summed E-state index contributed by atoms with van der Waals surface area (Å²) in [7, 11) is 0. The molecule has 114 valence electrons. The van der Waals surface area contributed by atoms with Gasteiger partial charge in [0, 0.05) is 29.4 Å². The van der Waals surface area contributed by atoms with Gasteiger partial charge < -0.3 is 10.4 Å². The summed E-state index contributed by atoms with van der Waals surface area (Å²) in [6.07, 6.45) is 2.16. The van der Waals surface area contributed by atoms with Crippen molar-refractivity contribution in [3.63, 3.8) is 0 Å². The van der Waals surface area contributed by atoms with Gasteiger partial charge in [-0.3, -0.25) is 19.9 Å². The molecule has 8 heteroatoms. The van der Waals surface area contributed by atoms with Gasteiger partial charge in [0.25, 0.3) is 0 Å². The Bertz CT molecular complexity index is 707. The van der Waals surface area contributed by atoms with Gasteiger partial charge in [-0.05, 0) is 24.6 Å². The van der Waals surface area contributed by atoms with Gasteiger partial charge in [-0.25, -0.2) is 0 Å². The van der Waals surface area contributed by atoms with Gasteiger partial charge in [0.15, 0.2) is 0 Å². The molecule has 0 bridgehead atoms. The van der Waals surface area contributed by atoms with Crippen LogP contribution in [0.25, 0.3) is 0 Å². The van der Waals surface area contributed by atoms with Gasteiger partial charge in [-0.15, -0.1) is 0 Å². The first kappa shape index (κ1) is 15.7. The number of nitro benzene ring substituents is 1. The second-order valence-electron chi connectivity index (χ2n) is 4.45. The van der Waals surface area contributed by atoms with Crippen molar-refractivity contribution in [2.24, 2.45) is 0 Å². The molecule has 1 amide bonds. The predicted octanol–water partition coefficient (Wildman–Crippen LogP) is 2.92. The summed E-state index contributed by atoms with van der Waals surface area (Å²) in [4.78, 5) is 26.0. The smallest absolute Gasteiger partial charge is 0.314 e. The third kappa shape index (κ3) is 3.92. The number of benzene rings is 1. The summed E-state index contributed by atoms with van der Waals surface area (Å²) in [5, 5.41) is 23.0. The Morgan fingerprint density at radius 1 is 1.41 bits per heavy atom. The van der Waals surface area contributed by atoms with E-state index in [1.807, 2.05) is 6.07 Å². The fraction of sp³-hybridized carbons (Fsp3) is 0.143. The zero-order chi connectivity index (χ0) is 16.1. The minimum absolute atomic E-state index is 0.0459. The fourth-order valence-electron chi connectivity index (χ4n) is 1.82. The number of nitro groups is 1. The molecule has 0 unspecified atom stereocenters. The molecule has 0 saturated heterocycles. The molecule has 0 radical (unpaired) electrons. The number of hydrogen-bond donors (Lipinski definition) is 2. The molecular formula is C14H12ClN3O4. The minimum Gasteiger partial charge on any atom is -0.501 e. The standard InChI is InChI=1S/C14H12ClN3O4/c15-9-7-11(14(20)12(8-9)18(21)22)17-13(19)5-4-10-3-1-2-6-16-10/h1-3,6-8,20H,4-5H2,(H,17,19). The lowest BCUT2D eigenvalue weighted by molar-refractivity contribution is -0.385. The number of phenolic OH excluding ortho intramolecular Hbond substituents is 1. The number of rotatable bonds is 5. The van der Waals surface area contributed by atoms with Gasteiger partial charge in [0.1, 0.15) is 0 Å². The van der Waals surface area contributed by atoms with E-state index in [0.717, 1.165) is 11.8 Å². The van der Waals surface area contributed by atoms with Gasteiger partial charge in [-0.2, -0.15) is 0 Å². The molecule has 1 aromatic carbocycles. The number of aryl methyl sites for hydroxylation is 1. The second kappa shape index (κ2) is 6.86. The van der Waals surface area contributed by atoms with E-state index in [0.29, 0.717) is 6.42 Å². The van der Waals surface area contributed by atoms with Crippen LogP contribution in [0.5, 0.6) is 5.75 Å². The highest BCUT2D eigenvalue weighted by Crippen LogP contribution is 2.36. The number of nitrogens with one attached hydrogen (secondary N) is 1. The number of nitrogens with zero attached hydrogens (tertiary/aromatic N) is 2. The fourth-order valence-corrected chi connectivity index (χ4v) is 2.03. The van der Waals surface area contributed by atoms with E-state index in [-0.39, 0.29) is 17.1 Å². The highest BCUT2D eigenvalue weighted by atomic mass is 35.5. The number of carbonyl (C=O) groups is 1. The maximum Gasteiger partial charge on any atom is 0.314 e. The van der Waals surface area contributed by atoms with Crippen molar-refractivity contribution in [3.05, 3.63) is 57.4 Å². The molecule has 0 fully saturated rings. The van der Waals surface area contributed by atoms with Crippen LogP contribution in [0.4, 0.5) is 11.4 Å². The summed E-state index contributed by atoms with van der Waals surface area (Å²) >= 11 is 5.75. The molecule has 1 aromatic heterocycles. The molecule has 7 nitrogen and oxygen atoms in total. The van der Waals surface area contributed by atoms with Crippen LogP contribution in [0, 0.1) is 10.1 Å². The van der Waals surface area contributed by atoms with Crippen LogP contribution in [0.2, 0.25) is 5.02 Å². The van der Waals surface area contributed by atoms with Crippen LogP contribution in [0.3, 0.4) is 0 Å². The Balaban J connectivity index is 2.07. The van der Waals surface area contributed by atoms with Gasteiger partial charge in [0.2, 0.25) is 11.7 Å². The van der Waals surface area contributed by atoms with Gasteiger partial charge >= 0.3 is 5.69 Å². The van der Waals surface area contributed by atoms with Crippen LogP contribution >= 0.6 is 11.6 Å². The molecular weight excluding hydrogens is 310 g/mol. The highest BCUT2D eigenvalue weighted by molar-refractivity contribution is 6.31. The first-order valence-corrected chi connectivity index (χ1v) is 6.72. The van der Waals surface area contributed by atoms with Crippen LogP contribution in [-0.4, -0.2) is 20.9 Å². The maximum atomic E-state index is 11.9. The van der Waals surface area contributed by atoms with E-state index in [4.69, 9.17) is 11.6 Å². The third-order valence-corrected chi connectivity index (χ3v) is 3.08. The Kier molecular flexibility index (Phi) is 4.90. The third-order valence-electron chi connectivity index (χ3n) is 2.86. The molecule has 0 saturated carbocycles. The first-order valence-electron chi connectivity index (χ1n) is 6.34. The summed E-state index contributed by atoms with van der Waals surface area (Å²) in [6, 6.07) is 7.64. The molecule has 1 heterocycles. The topological polar surface area (TPSA) is 105 Å². The zero-order valence-electron chi connectivity index (χ0n) is 11.3. The van der Waals surface area contributed by atoms with Crippen LogP contribution < -0.4 is 5.32 Å². The average Bonchev–Trinajstić information content (AvgIpc) is 2.49. The van der Waals surface area contributed by atoms with Crippen molar-refractivity contribution in [1.29, 1.82) is 0 Å². The van der Waals surface area contributed by atoms with E-state index in [1.54, 1.807) is 18.3 Å². The monoisotopic (exact) mass is 321 g/mol. The van der Waals surface area contributed by atoms with Crippen molar-refractivity contribution < 1.29 is 14.8 Å². The molecule has 0 aliphatic rings. The van der Waals surface area contributed by atoms with Gasteiger partial charge in [-0.1, -0.05) is 17.7 Å². The lowest BCUT2D eigenvalue weighted by Crippen LogP contribution is -2.13. The first-order chi connectivity index (χ1) is 10.5. The quantitative estimate of drug-likeness (QED) is 0.500. The van der Waals surface area contributed by atoms with Crippen molar-refractivity contribution in [2.75, 3.05) is 5.32 Å². The SMILES string of the molecule is O=C(CCc1ccccn1)Nc1cc(Cl)cc([N+](=O)[O-])c1O. The van der Waals surface area contributed by atoms with E-state index < -0.39 is 22.3 Å². The maximum absolute atomic E-state index is 11.9. The Morgan fingerprint density at radius 2 is 2.18 bits per heavy atom. The number of amides is 1. The van der Waals surface area contributed by atoms with E-state index in [9.17, 15) is 20.0 Å². The van der Waals surface area contributed by atoms with Crippen LogP contribution in [-0.2, 0) is 11.2 Å². The molecule has 2 N–H and O–H groups in total. The van der Waals surface area contributed by atoms with Crippen molar-refractivity contribution in [2.45, 2.75) is 12.8 Å². The largest absolute Gasteiger partial charge is 0.501 e.